The van der Waals surface area contributed by atoms with Crippen LogP contribution in [0.15, 0.2) is 12.7 Å². The van der Waals surface area contributed by atoms with E-state index < -0.39 is 0 Å². The molecule has 0 saturated heterocycles. The van der Waals surface area contributed by atoms with E-state index in [1.807, 2.05) is 6.08 Å². The molecule has 1 aromatic rings. The zero-order valence-corrected chi connectivity index (χ0v) is 12.8. The Hall–Kier alpha value is -1.29. The van der Waals surface area contributed by atoms with E-state index in [0.717, 1.165) is 23.9 Å². The lowest BCUT2D eigenvalue weighted by atomic mass is 9.88. The number of hydrogen-bond acceptors (Lipinski definition) is 3. The van der Waals surface area contributed by atoms with Gasteiger partial charge in [-0.3, -0.25) is 0 Å². The Morgan fingerprint density at radius 2 is 2.15 bits per heavy atom. The fourth-order valence-electron chi connectivity index (χ4n) is 3.19. The number of nitrogen functional groups attached to an aromatic ring is 1. The van der Waals surface area contributed by atoms with Crippen molar-refractivity contribution >= 4 is 5.82 Å². The molecule has 2 N–H and O–H groups in total. The summed E-state index contributed by atoms with van der Waals surface area (Å²) in [6.45, 7) is 7.35. The van der Waals surface area contributed by atoms with Gasteiger partial charge in [0.1, 0.15) is 11.6 Å². The van der Waals surface area contributed by atoms with Gasteiger partial charge in [-0.25, -0.2) is 4.98 Å². The second-order valence-corrected chi connectivity index (χ2v) is 5.83. The van der Waals surface area contributed by atoms with Crippen molar-refractivity contribution in [3.8, 4) is 0 Å². The standard InChI is InChI=1S/C16H27N3O/c1-4-10-19-15(17)14(12(2)11-20-3)18-16(19)13-8-6-5-7-9-13/h4,12-13H,1,5-11,17H2,2-3H3. The third kappa shape index (κ3) is 3.06. The highest BCUT2D eigenvalue weighted by atomic mass is 16.5. The summed E-state index contributed by atoms with van der Waals surface area (Å²) in [5.74, 6) is 2.72. The number of hydrogen-bond donors (Lipinski definition) is 1. The molecule has 0 amide bonds. The van der Waals surface area contributed by atoms with Crippen LogP contribution < -0.4 is 5.73 Å². The van der Waals surface area contributed by atoms with Crippen LogP contribution in [-0.4, -0.2) is 23.3 Å². The zero-order chi connectivity index (χ0) is 14.5. The average molecular weight is 277 g/mol. The predicted molar refractivity (Wildman–Crippen MR) is 83.0 cm³/mol. The molecule has 1 aliphatic carbocycles. The number of allylic oxidation sites excluding steroid dienone is 1. The maximum atomic E-state index is 6.33. The van der Waals surface area contributed by atoms with Crippen molar-refractivity contribution in [3.05, 3.63) is 24.2 Å². The Morgan fingerprint density at radius 1 is 1.45 bits per heavy atom. The summed E-state index contributed by atoms with van der Waals surface area (Å²) < 4.78 is 7.39. The Balaban J connectivity index is 2.33. The molecule has 1 saturated carbocycles. The van der Waals surface area contributed by atoms with Gasteiger partial charge in [-0.2, -0.15) is 0 Å². The molecule has 1 heterocycles. The first-order valence-corrected chi connectivity index (χ1v) is 7.64. The molecule has 1 fully saturated rings. The number of ether oxygens (including phenoxy) is 1. The second-order valence-electron chi connectivity index (χ2n) is 5.83. The molecule has 1 aromatic heterocycles. The van der Waals surface area contributed by atoms with Gasteiger partial charge in [0.25, 0.3) is 0 Å². The predicted octanol–water partition coefficient (Wildman–Crippen LogP) is 3.45. The van der Waals surface area contributed by atoms with Gasteiger partial charge in [0.2, 0.25) is 0 Å². The van der Waals surface area contributed by atoms with Crippen LogP contribution in [-0.2, 0) is 11.3 Å². The lowest BCUT2D eigenvalue weighted by Crippen LogP contribution is -2.13. The second kappa shape index (κ2) is 6.93. The van der Waals surface area contributed by atoms with E-state index in [-0.39, 0.29) is 5.92 Å². The van der Waals surface area contributed by atoms with Crippen LogP contribution in [0, 0.1) is 0 Å². The van der Waals surface area contributed by atoms with E-state index >= 15 is 0 Å². The highest BCUT2D eigenvalue weighted by Crippen LogP contribution is 2.35. The van der Waals surface area contributed by atoms with Gasteiger partial charge in [0.05, 0.1) is 12.3 Å². The maximum Gasteiger partial charge on any atom is 0.127 e. The zero-order valence-electron chi connectivity index (χ0n) is 12.8. The van der Waals surface area contributed by atoms with Crippen LogP contribution in [0.4, 0.5) is 5.82 Å². The number of aromatic nitrogens is 2. The van der Waals surface area contributed by atoms with Crippen LogP contribution in [0.3, 0.4) is 0 Å². The maximum absolute atomic E-state index is 6.33. The summed E-state index contributed by atoms with van der Waals surface area (Å²) >= 11 is 0. The first kappa shape index (κ1) is 15.1. The highest BCUT2D eigenvalue weighted by Gasteiger charge is 2.25. The van der Waals surface area contributed by atoms with E-state index in [9.17, 15) is 0 Å². The molecule has 0 spiro atoms. The molecular formula is C16H27N3O. The molecule has 1 unspecified atom stereocenters. The molecule has 0 radical (unpaired) electrons. The minimum absolute atomic E-state index is 0.230. The number of imidazole rings is 1. The van der Waals surface area contributed by atoms with Gasteiger partial charge < -0.3 is 15.0 Å². The van der Waals surface area contributed by atoms with E-state index in [1.165, 1.54) is 32.1 Å². The van der Waals surface area contributed by atoms with Gasteiger partial charge >= 0.3 is 0 Å². The molecule has 0 bridgehead atoms. The molecule has 20 heavy (non-hydrogen) atoms. The molecule has 0 aromatic carbocycles. The third-order valence-electron chi connectivity index (χ3n) is 4.23. The Morgan fingerprint density at radius 3 is 2.75 bits per heavy atom. The molecule has 1 aliphatic rings. The number of nitrogens with zero attached hydrogens (tertiary/aromatic N) is 2. The van der Waals surface area contributed by atoms with Crippen molar-refractivity contribution in [2.45, 2.75) is 57.4 Å². The van der Waals surface area contributed by atoms with E-state index in [2.05, 4.69) is 18.1 Å². The Kier molecular flexibility index (Phi) is 5.24. The van der Waals surface area contributed by atoms with Crippen LogP contribution in [0.1, 0.15) is 62.4 Å². The molecule has 4 heteroatoms. The number of methoxy groups -OCH3 is 1. The summed E-state index contributed by atoms with van der Waals surface area (Å²) in [5, 5.41) is 0. The summed E-state index contributed by atoms with van der Waals surface area (Å²) in [7, 11) is 1.72. The molecular weight excluding hydrogens is 250 g/mol. The molecule has 4 nitrogen and oxygen atoms in total. The first-order valence-electron chi connectivity index (χ1n) is 7.64. The third-order valence-corrected chi connectivity index (χ3v) is 4.23. The van der Waals surface area contributed by atoms with Crippen molar-refractivity contribution in [1.29, 1.82) is 0 Å². The molecule has 112 valence electrons. The summed E-state index contributed by atoms with van der Waals surface area (Å²) in [5.41, 5.74) is 7.31. The highest BCUT2D eigenvalue weighted by molar-refractivity contribution is 5.41. The first-order chi connectivity index (χ1) is 9.69. The van der Waals surface area contributed by atoms with Crippen molar-refractivity contribution in [1.82, 2.24) is 9.55 Å². The van der Waals surface area contributed by atoms with Gasteiger partial charge in [-0.15, -0.1) is 6.58 Å². The average Bonchev–Trinajstić information content (AvgIpc) is 2.78. The fourth-order valence-corrected chi connectivity index (χ4v) is 3.19. The number of anilines is 1. The summed E-state index contributed by atoms with van der Waals surface area (Å²) in [6, 6.07) is 0. The van der Waals surface area contributed by atoms with Crippen LogP contribution in [0.5, 0.6) is 0 Å². The van der Waals surface area contributed by atoms with E-state index in [4.69, 9.17) is 15.5 Å². The fraction of sp³-hybridized carbons (Fsp3) is 0.688. The number of rotatable bonds is 6. The molecule has 0 aliphatic heterocycles. The monoisotopic (exact) mass is 277 g/mol. The van der Waals surface area contributed by atoms with Crippen molar-refractivity contribution in [3.63, 3.8) is 0 Å². The van der Waals surface area contributed by atoms with Crippen LogP contribution in [0.2, 0.25) is 0 Å². The normalized spacial score (nSPS) is 18.1. The van der Waals surface area contributed by atoms with Gasteiger partial charge in [-0.1, -0.05) is 32.3 Å². The minimum atomic E-state index is 0.230. The van der Waals surface area contributed by atoms with Crippen molar-refractivity contribution in [2.75, 3.05) is 19.5 Å². The van der Waals surface area contributed by atoms with Crippen molar-refractivity contribution < 1.29 is 4.74 Å². The van der Waals surface area contributed by atoms with Gasteiger partial charge in [-0.05, 0) is 12.8 Å². The van der Waals surface area contributed by atoms with Crippen LogP contribution in [0.25, 0.3) is 0 Å². The number of nitrogens with two attached hydrogens (primary N) is 1. The summed E-state index contributed by atoms with van der Waals surface area (Å²) in [6.07, 6.45) is 8.30. The summed E-state index contributed by atoms with van der Waals surface area (Å²) in [4.78, 5) is 4.88. The largest absolute Gasteiger partial charge is 0.384 e. The quantitative estimate of drug-likeness (QED) is 0.810. The minimum Gasteiger partial charge on any atom is -0.384 e. The lowest BCUT2D eigenvalue weighted by Gasteiger charge is -2.22. The van der Waals surface area contributed by atoms with Gasteiger partial charge in [0.15, 0.2) is 0 Å². The molecule has 1 atom stereocenters. The molecule has 2 rings (SSSR count). The van der Waals surface area contributed by atoms with E-state index in [1.54, 1.807) is 7.11 Å². The smallest absolute Gasteiger partial charge is 0.127 e. The Bertz CT molecular complexity index is 447. The Labute approximate surface area is 122 Å². The lowest BCUT2D eigenvalue weighted by molar-refractivity contribution is 0.183. The SMILES string of the molecule is C=CCn1c(C2CCCCC2)nc(C(C)COC)c1N. The van der Waals surface area contributed by atoms with Crippen molar-refractivity contribution in [2.24, 2.45) is 0 Å². The van der Waals surface area contributed by atoms with Gasteiger partial charge in [0, 0.05) is 25.5 Å². The van der Waals surface area contributed by atoms with Crippen LogP contribution >= 0.6 is 0 Å². The topological polar surface area (TPSA) is 53.1 Å². The van der Waals surface area contributed by atoms with E-state index in [0.29, 0.717) is 12.5 Å².